The van der Waals surface area contributed by atoms with Gasteiger partial charge >= 0.3 is 5.97 Å². The summed E-state index contributed by atoms with van der Waals surface area (Å²) in [5.74, 6) is -0.973. The Kier molecular flexibility index (Phi) is 6.22. The van der Waals surface area contributed by atoms with Crippen LogP contribution in [0.5, 0.6) is 0 Å². The molecule has 1 aromatic rings. The van der Waals surface area contributed by atoms with Crippen molar-refractivity contribution < 1.29 is 14.7 Å². The molecule has 2 rings (SSSR count). The Labute approximate surface area is 146 Å². The minimum absolute atomic E-state index is 0.00571. The first-order chi connectivity index (χ1) is 10.9. The second kappa shape index (κ2) is 7.95. The molecule has 3 atom stereocenters. The molecule has 4 nitrogen and oxygen atoms in total. The Morgan fingerprint density at radius 2 is 2.09 bits per heavy atom. The van der Waals surface area contributed by atoms with Gasteiger partial charge in [0.05, 0.1) is 5.92 Å². The highest BCUT2D eigenvalue weighted by atomic mass is 79.9. The second-order valence-corrected chi connectivity index (χ2v) is 7.25. The number of carboxylic acid groups (broad SMARTS) is 1. The number of hydrogen-bond donors (Lipinski definition) is 1. The number of nitrogens with zero attached hydrogens (tertiary/aromatic N) is 1. The topological polar surface area (TPSA) is 57.6 Å². The standard InChI is InChI=1S/C18H24BrNO3/c1-3-13(10-14-6-4-5-7-16(14)19)17(21)20-9-8-15(18(22)23)12(2)11-20/h4-7,12-13,15H,3,8-11H2,1-2H3,(H,22,23). The molecule has 1 aliphatic rings. The molecule has 0 saturated carbocycles. The maximum absolute atomic E-state index is 12.8. The number of carbonyl (C=O) groups is 2. The fourth-order valence-electron chi connectivity index (χ4n) is 3.31. The predicted octanol–water partition coefficient (Wildman–Crippen LogP) is 3.59. The van der Waals surface area contributed by atoms with Gasteiger partial charge < -0.3 is 10.0 Å². The predicted molar refractivity (Wildman–Crippen MR) is 93.1 cm³/mol. The van der Waals surface area contributed by atoms with Crippen molar-refractivity contribution in [3.63, 3.8) is 0 Å². The molecule has 1 heterocycles. The van der Waals surface area contributed by atoms with Gasteiger partial charge in [0, 0.05) is 23.5 Å². The van der Waals surface area contributed by atoms with Gasteiger partial charge in [0.2, 0.25) is 5.91 Å². The summed E-state index contributed by atoms with van der Waals surface area (Å²) in [4.78, 5) is 25.9. The average Bonchev–Trinajstić information content (AvgIpc) is 2.53. The van der Waals surface area contributed by atoms with Crippen molar-refractivity contribution in [1.29, 1.82) is 0 Å². The Hall–Kier alpha value is -1.36. The number of hydrogen-bond acceptors (Lipinski definition) is 2. The van der Waals surface area contributed by atoms with Crippen molar-refractivity contribution in [3.05, 3.63) is 34.3 Å². The molecule has 1 aliphatic heterocycles. The van der Waals surface area contributed by atoms with E-state index in [2.05, 4.69) is 15.9 Å². The lowest BCUT2D eigenvalue weighted by molar-refractivity contribution is -0.149. The van der Waals surface area contributed by atoms with Gasteiger partial charge in [0.1, 0.15) is 0 Å². The Balaban J connectivity index is 2.03. The van der Waals surface area contributed by atoms with Gasteiger partial charge in [-0.05, 0) is 36.8 Å². The molecule has 1 N–H and O–H groups in total. The van der Waals surface area contributed by atoms with Crippen LogP contribution in [0.25, 0.3) is 0 Å². The number of likely N-dealkylation sites (tertiary alicyclic amines) is 1. The second-order valence-electron chi connectivity index (χ2n) is 6.40. The molecule has 0 aromatic heterocycles. The number of rotatable bonds is 5. The summed E-state index contributed by atoms with van der Waals surface area (Å²) in [5, 5.41) is 9.21. The van der Waals surface area contributed by atoms with Gasteiger partial charge in [-0.15, -0.1) is 0 Å². The fraction of sp³-hybridized carbons (Fsp3) is 0.556. The average molecular weight is 382 g/mol. The molecule has 23 heavy (non-hydrogen) atoms. The van der Waals surface area contributed by atoms with E-state index < -0.39 is 5.97 Å². The lowest BCUT2D eigenvalue weighted by Gasteiger charge is -2.36. The van der Waals surface area contributed by atoms with Crippen LogP contribution in [0.3, 0.4) is 0 Å². The fourth-order valence-corrected chi connectivity index (χ4v) is 3.75. The third kappa shape index (κ3) is 4.34. The maximum Gasteiger partial charge on any atom is 0.306 e. The summed E-state index contributed by atoms with van der Waals surface area (Å²) in [6, 6.07) is 7.98. The van der Waals surface area contributed by atoms with E-state index in [1.165, 1.54) is 0 Å². The summed E-state index contributed by atoms with van der Waals surface area (Å²) < 4.78 is 1.03. The van der Waals surface area contributed by atoms with Crippen molar-refractivity contribution in [3.8, 4) is 0 Å². The van der Waals surface area contributed by atoms with Crippen LogP contribution in [0.2, 0.25) is 0 Å². The molecule has 0 bridgehead atoms. The zero-order valence-corrected chi connectivity index (χ0v) is 15.3. The zero-order valence-electron chi connectivity index (χ0n) is 13.7. The summed E-state index contributed by atoms with van der Waals surface area (Å²) in [5.41, 5.74) is 1.14. The lowest BCUT2D eigenvalue weighted by atomic mass is 9.86. The van der Waals surface area contributed by atoms with Gasteiger partial charge in [-0.3, -0.25) is 9.59 Å². The van der Waals surface area contributed by atoms with Gasteiger partial charge in [-0.2, -0.15) is 0 Å². The van der Waals surface area contributed by atoms with Crippen LogP contribution in [0.4, 0.5) is 0 Å². The first kappa shape index (κ1) is 18.0. The van der Waals surface area contributed by atoms with Crippen LogP contribution < -0.4 is 0 Å². The number of halogens is 1. The number of benzene rings is 1. The molecule has 0 aliphatic carbocycles. The van der Waals surface area contributed by atoms with E-state index in [1.807, 2.05) is 43.0 Å². The number of carbonyl (C=O) groups excluding carboxylic acids is 1. The third-order valence-electron chi connectivity index (χ3n) is 4.80. The van der Waals surface area contributed by atoms with E-state index in [0.717, 1.165) is 16.5 Å². The maximum atomic E-state index is 12.8. The normalized spacial score (nSPS) is 22.7. The molecular weight excluding hydrogens is 358 g/mol. The molecule has 1 amide bonds. The van der Waals surface area contributed by atoms with Crippen LogP contribution in [0.1, 0.15) is 32.3 Å². The summed E-state index contributed by atoms with van der Waals surface area (Å²) >= 11 is 3.54. The van der Waals surface area contributed by atoms with Crippen molar-refractivity contribution in [2.45, 2.75) is 33.1 Å². The summed E-state index contributed by atoms with van der Waals surface area (Å²) in [6.07, 6.45) is 2.05. The molecule has 0 radical (unpaired) electrons. The highest BCUT2D eigenvalue weighted by Crippen LogP contribution is 2.27. The van der Waals surface area contributed by atoms with E-state index in [-0.39, 0.29) is 23.7 Å². The molecule has 1 fully saturated rings. The van der Waals surface area contributed by atoms with Crippen LogP contribution in [0, 0.1) is 17.8 Å². The SMILES string of the molecule is CCC(Cc1ccccc1Br)C(=O)N1CCC(C(=O)O)C(C)C1. The van der Waals surface area contributed by atoms with Crippen molar-refractivity contribution in [2.24, 2.45) is 17.8 Å². The van der Waals surface area contributed by atoms with Crippen LogP contribution in [0.15, 0.2) is 28.7 Å². The van der Waals surface area contributed by atoms with E-state index >= 15 is 0 Å². The van der Waals surface area contributed by atoms with Gasteiger partial charge in [-0.25, -0.2) is 0 Å². The summed E-state index contributed by atoms with van der Waals surface area (Å²) in [7, 11) is 0. The first-order valence-corrected chi connectivity index (χ1v) is 8.98. The first-order valence-electron chi connectivity index (χ1n) is 8.19. The third-order valence-corrected chi connectivity index (χ3v) is 5.57. The van der Waals surface area contributed by atoms with Gasteiger partial charge in [0.15, 0.2) is 0 Å². The van der Waals surface area contributed by atoms with Crippen LogP contribution in [-0.4, -0.2) is 35.0 Å². The molecule has 5 heteroatoms. The smallest absolute Gasteiger partial charge is 0.306 e. The highest BCUT2D eigenvalue weighted by Gasteiger charge is 2.34. The van der Waals surface area contributed by atoms with E-state index in [4.69, 9.17) is 0 Å². The van der Waals surface area contributed by atoms with Crippen LogP contribution >= 0.6 is 15.9 Å². The minimum Gasteiger partial charge on any atom is -0.481 e. The van der Waals surface area contributed by atoms with E-state index in [0.29, 0.717) is 25.9 Å². The highest BCUT2D eigenvalue weighted by molar-refractivity contribution is 9.10. The lowest BCUT2D eigenvalue weighted by Crippen LogP contribution is -2.47. The van der Waals surface area contributed by atoms with Crippen molar-refractivity contribution >= 4 is 27.8 Å². The van der Waals surface area contributed by atoms with E-state index in [9.17, 15) is 14.7 Å². The molecule has 1 saturated heterocycles. The monoisotopic (exact) mass is 381 g/mol. The quantitative estimate of drug-likeness (QED) is 0.847. The molecule has 3 unspecified atom stereocenters. The number of carboxylic acids is 1. The van der Waals surface area contributed by atoms with E-state index in [1.54, 1.807) is 0 Å². The molecule has 126 valence electrons. The van der Waals surface area contributed by atoms with Crippen molar-refractivity contribution in [1.82, 2.24) is 4.90 Å². The number of amides is 1. The Morgan fingerprint density at radius 3 is 2.65 bits per heavy atom. The Bertz CT molecular complexity index is 575. The number of aliphatic carboxylic acids is 1. The Morgan fingerprint density at radius 1 is 1.39 bits per heavy atom. The largest absolute Gasteiger partial charge is 0.481 e. The molecule has 0 spiro atoms. The number of piperidine rings is 1. The molecular formula is C18H24BrNO3. The van der Waals surface area contributed by atoms with Crippen molar-refractivity contribution in [2.75, 3.05) is 13.1 Å². The zero-order chi connectivity index (χ0) is 17.0. The van der Waals surface area contributed by atoms with Crippen LogP contribution in [-0.2, 0) is 16.0 Å². The van der Waals surface area contributed by atoms with Gasteiger partial charge in [-0.1, -0.05) is 48.0 Å². The van der Waals surface area contributed by atoms with Gasteiger partial charge in [0.25, 0.3) is 0 Å². The summed E-state index contributed by atoms with van der Waals surface area (Å²) in [6.45, 7) is 5.05. The molecule has 1 aromatic carbocycles. The minimum atomic E-state index is -0.746.